The Morgan fingerprint density at radius 2 is 2.33 bits per heavy atom. The minimum atomic E-state index is 0. The standard InChI is InChI=1S/C12H16N2O.2H2/c1-8(2)13-7-9-3-4-11-10(5-9)6-12(15)14-11;;/h3-5,8,13H,6-7H2,1-2H3,(H,14,15);2*1H. The molecular formula is C12H20N2O. The average molecular weight is 208 g/mol. The summed E-state index contributed by atoms with van der Waals surface area (Å²) in [4.78, 5) is 11.2. The second-order valence-corrected chi connectivity index (χ2v) is 4.25. The highest BCUT2D eigenvalue weighted by atomic mass is 16.1. The van der Waals surface area contributed by atoms with Crippen molar-refractivity contribution in [1.29, 1.82) is 0 Å². The van der Waals surface area contributed by atoms with E-state index in [1.54, 1.807) is 0 Å². The van der Waals surface area contributed by atoms with Crippen LogP contribution in [0, 0.1) is 0 Å². The highest BCUT2D eigenvalue weighted by molar-refractivity contribution is 5.99. The molecule has 0 aliphatic carbocycles. The van der Waals surface area contributed by atoms with Gasteiger partial charge in [-0.05, 0) is 17.2 Å². The Morgan fingerprint density at radius 3 is 3.07 bits per heavy atom. The van der Waals surface area contributed by atoms with Crippen molar-refractivity contribution >= 4 is 11.6 Å². The zero-order valence-electron chi connectivity index (χ0n) is 9.13. The van der Waals surface area contributed by atoms with Crippen LogP contribution in [0.5, 0.6) is 0 Å². The lowest BCUT2D eigenvalue weighted by Crippen LogP contribution is -2.21. The summed E-state index contributed by atoms with van der Waals surface area (Å²) in [5.41, 5.74) is 3.32. The lowest BCUT2D eigenvalue weighted by molar-refractivity contribution is -0.115. The second-order valence-electron chi connectivity index (χ2n) is 4.25. The van der Waals surface area contributed by atoms with Gasteiger partial charge in [-0.15, -0.1) is 0 Å². The molecule has 0 spiro atoms. The molecule has 1 aliphatic rings. The number of anilines is 1. The normalized spacial score (nSPS) is 14.2. The van der Waals surface area contributed by atoms with Gasteiger partial charge in [0.2, 0.25) is 5.91 Å². The lowest BCUT2D eigenvalue weighted by Gasteiger charge is -2.08. The zero-order chi connectivity index (χ0) is 10.8. The third-order valence-electron chi connectivity index (χ3n) is 2.51. The summed E-state index contributed by atoms with van der Waals surface area (Å²) in [6.07, 6.45) is 0.519. The maximum Gasteiger partial charge on any atom is 0.228 e. The molecule has 0 bridgehead atoms. The van der Waals surface area contributed by atoms with Gasteiger partial charge >= 0.3 is 0 Å². The number of amides is 1. The summed E-state index contributed by atoms with van der Waals surface area (Å²) in [5.74, 6) is 0.0963. The van der Waals surface area contributed by atoms with E-state index in [4.69, 9.17) is 0 Å². The molecular weight excluding hydrogens is 188 g/mol. The Labute approximate surface area is 92.8 Å². The van der Waals surface area contributed by atoms with Crippen LogP contribution in [-0.2, 0) is 17.8 Å². The first-order chi connectivity index (χ1) is 7.15. The molecule has 1 aromatic carbocycles. The van der Waals surface area contributed by atoms with E-state index in [0.717, 1.165) is 17.8 Å². The summed E-state index contributed by atoms with van der Waals surface area (Å²) in [6.45, 7) is 5.11. The van der Waals surface area contributed by atoms with Gasteiger partial charge in [-0.2, -0.15) is 0 Å². The Kier molecular flexibility index (Phi) is 2.73. The third kappa shape index (κ3) is 2.36. The Bertz CT molecular complexity index is 394. The first kappa shape index (κ1) is 10.2. The van der Waals surface area contributed by atoms with Crippen molar-refractivity contribution in [3.8, 4) is 0 Å². The molecule has 0 atom stereocenters. The molecule has 3 heteroatoms. The van der Waals surface area contributed by atoms with Crippen LogP contribution in [0.15, 0.2) is 18.2 Å². The van der Waals surface area contributed by atoms with Crippen molar-refractivity contribution < 1.29 is 7.65 Å². The lowest BCUT2D eigenvalue weighted by atomic mass is 10.1. The maximum atomic E-state index is 11.2. The zero-order valence-corrected chi connectivity index (χ0v) is 9.13. The van der Waals surface area contributed by atoms with Gasteiger partial charge in [0.05, 0.1) is 6.42 Å². The SMILES string of the molecule is CC(C)NCc1ccc2c(c1)CC(=O)N2.[HH].[HH]. The van der Waals surface area contributed by atoms with E-state index in [1.165, 1.54) is 5.56 Å². The largest absolute Gasteiger partial charge is 0.326 e. The Morgan fingerprint density at radius 1 is 1.53 bits per heavy atom. The number of benzene rings is 1. The highest BCUT2D eigenvalue weighted by Crippen LogP contribution is 2.23. The van der Waals surface area contributed by atoms with Crippen molar-refractivity contribution in [2.24, 2.45) is 0 Å². The molecule has 0 unspecified atom stereocenters. The summed E-state index contributed by atoms with van der Waals surface area (Å²) in [6, 6.07) is 6.62. The van der Waals surface area contributed by atoms with Crippen molar-refractivity contribution in [2.75, 3.05) is 5.32 Å². The Hall–Kier alpha value is -1.35. The summed E-state index contributed by atoms with van der Waals surface area (Å²) in [7, 11) is 0. The van der Waals surface area contributed by atoms with Crippen LogP contribution < -0.4 is 10.6 Å². The predicted octanol–water partition coefficient (Wildman–Crippen LogP) is 2.17. The van der Waals surface area contributed by atoms with E-state index >= 15 is 0 Å². The molecule has 0 aromatic heterocycles. The van der Waals surface area contributed by atoms with Gasteiger partial charge in [0, 0.05) is 21.1 Å². The molecule has 0 radical (unpaired) electrons. The number of hydrogen-bond donors (Lipinski definition) is 2. The van der Waals surface area contributed by atoms with Crippen molar-refractivity contribution in [2.45, 2.75) is 32.9 Å². The molecule has 0 saturated carbocycles. The van der Waals surface area contributed by atoms with Crippen molar-refractivity contribution in [3.05, 3.63) is 29.3 Å². The second kappa shape index (κ2) is 4.03. The van der Waals surface area contributed by atoms with Crippen LogP contribution in [0.1, 0.15) is 27.8 Å². The van der Waals surface area contributed by atoms with Gasteiger partial charge in [0.1, 0.15) is 0 Å². The number of rotatable bonds is 3. The fraction of sp³-hybridized carbons (Fsp3) is 0.417. The number of carbonyl (C=O) groups excluding carboxylic acids is 1. The minimum Gasteiger partial charge on any atom is -0.326 e. The monoisotopic (exact) mass is 208 g/mol. The third-order valence-corrected chi connectivity index (χ3v) is 2.51. The molecule has 15 heavy (non-hydrogen) atoms. The first-order valence-corrected chi connectivity index (χ1v) is 5.30. The first-order valence-electron chi connectivity index (χ1n) is 5.30. The molecule has 1 heterocycles. The predicted molar refractivity (Wildman–Crippen MR) is 65.0 cm³/mol. The molecule has 0 fully saturated rings. The van der Waals surface area contributed by atoms with Crippen LogP contribution in [0.4, 0.5) is 5.69 Å². The van der Waals surface area contributed by atoms with Crippen molar-refractivity contribution in [3.63, 3.8) is 0 Å². The molecule has 84 valence electrons. The van der Waals surface area contributed by atoms with E-state index in [-0.39, 0.29) is 8.76 Å². The van der Waals surface area contributed by atoms with Crippen LogP contribution in [-0.4, -0.2) is 11.9 Å². The topological polar surface area (TPSA) is 41.1 Å². The summed E-state index contributed by atoms with van der Waals surface area (Å²) < 4.78 is 0. The fourth-order valence-electron chi connectivity index (χ4n) is 1.71. The number of fused-ring (bicyclic) bond motifs is 1. The highest BCUT2D eigenvalue weighted by Gasteiger charge is 2.17. The number of carbonyl (C=O) groups is 1. The van der Waals surface area contributed by atoms with Gasteiger partial charge in [0.25, 0.3) is 0 Å². The quantitative estimate of drug-likeness (QED) is 0.799. The van der Waals surface area contributed by atoms with E-state index < -0.39 is 0 Å². The number of hydrogen-bond acceptors (Lipinski definition) is 2. The van der Waals surface area contributed by atoms with E-state index in [9.17, 15) is 4.79 Å². The van der Waals surface area contributed by atoms with Gasteiger partial charge in [-0.3, -0.25) is 4.79 Å². The smallest absolute Gasteiger partial charge is 0.228 e. The summed E-state index contributed by atoms with van der Waals surface area (Å²) >= 11 is 0. The summed E-state index contributed by atoms with van der Waals surface area (Å²) in [5, 5.41) is 6.19. The molecule has 1 aliphatic heterocycles. The van der Waals surface area contributed by atoms with Gasteiger partial charge in [-0.25, -0.2) is 0 Å². The van der Waals surface area contributed by atoms with Crippen LogP contribution in [0.25, 0.3) is 0 Å². The van der Waals surface area contributed by atoms with E-state index in [2.05, 4.69) is 36.6 Å². The van der Waals surface area contributed by atoms with Gasteiger partial charge < -0.3 is 10.6 Å². The number of nitrogens with one attached hydrogen (secondary N) is 2. The molecule has 2 N–H and O–H groups in total. The van der Waals surface area contributed by atoms with Crippen LogP contribution in [0.3, 0.4) is 0 Å². The molecule has 1 amide bonds. The van der Waals surface area contributed by atoms with Gasteiger partial charge in [0.15, 0.2) is 0 Å². The average Bonchev–Trinajstić information content (AvgIpc) is 2.53. The Balaban J connectivity index is 0.00000128. The van der Waals surface area contributed by atoms with Crippen LogP contribution in [0.2, 0.25) is 0 Å². The van der Waals surface area contributed by atoms with Crippen molar-refractivity contribution in [1.82, 2.24) is 5.32 Å². The molecule has 3 nitrogen and oxygen atoms in total. The molecule has 1 aromatic rings. The molecule has 2 rings (SSSR count). The maximum absolute atomic E-state index is 11.2. The fourth-order valence-corrected chi connectivity index (χ4v) is 1.71. The van der Waals surface area contributed by atoms with Crippen LogP contribution >= 0.6 is 0 Å². The molecule has 0 saturated heterocycles. The van der Waals surface area contributed by atoms with E-state index in [0.29, 0.717) is 12.5 Å². The van der Waals surface area contributed by atoms with E-state index in [1.807, 2.05) is 6.07 Å². The van der Waals surface area contributed by atoms with Gasteiger partial charge in [-0.1, -0.05) is 26.0 Å². The minimum absolute atomic E-state index is 0.